The molecule has 1 aliphatic heterocycles. The molecule has 8 nitrogen and oxygen atoms in total. The number of hydrogen-bond donors (Lipinski definition) is 2. The van der Waals surface area contributed by atoms with Crippen molar-refractivity contribution in [3.8, 4) is 17.2 Å². The van der Waals surface area contributed by atoms with Crippen molar-refractivity contribution in [3.63, 3.8) is 0 Å². The van der Waals surface area contributed by atoms with Crippen molar-refractivity contribution in [2.45, 2.75) is 6.61 Å². The summed E-state index contributed by atoms with van der Waals surface area (Å²) in [5.74, 6) is -1.34. The Labute approximate surface area is 193 Å². The Kier molecular flexibility index (Phi) is 6.26. The summed E-state index contributed by atoms with van der Waals surface area (Å²) in [4.78, 5) is 38.4. The van der Waals surface area contributed by atoms with Gasteiger partial charge in [0, 0.05) is 0 Å². The number of halogens is 1. The summed E-state index contributed by atoms with van der Waals surface area (Å²) >= 11 is 0. The van der Waals surface area contributed by atoms with Gasteiger partial charge in [-0.1, -0.05) is 18.2 Å². The fourth-order valence-electron chi connectivity index (χ4n) is 3.34. The van der Waals surface area contributed by atoms with Crippen LogP contribution in [0.3, 0.4) is 0 Å². The molecule has 0 aliphatic carbocycles. The second kappa shape index (κ2) is 9.45. The van der Waals surface area contributed by atoms with Gasteiger partial charge in [-0.15, -0.1) is 0 Å². The van der Waals surface area contributed by atoms with Crippen molar-refractivity contribution in [2.24, 2.45) is 0 Å². The summed E-state index contributed by atoms with van der Waals surface area (Å²) in [5, 5.41) is 11.6. The Balaban J connectivity index is 1.59. The first kappa shape index (κ1) is 22.5. The van der Waals surface area contributed by atoms with E-state index in [-0.39, 0.29) is 29.4 Å². The van der Waals surface area contributed by atoms with Gasteiger partial charge >= 0.3 is 6.03 Å². The average molecular weight is 462 g/mol. The minimum Gasteiger partial charge on any atom is -0.508 e. The molecular weight excluding hydrogens is 443 g/mol. The molecule has 4 amide bonds. The molecule has 3 aromatic carbocycles. The van der Waals surface area contributed by atoms with Crippen molar-refractivity contribution >= 4 is 29.6 Å². The first-order chi connectivity index (χ1) is 16.4. The van der Waals surface area contributed by atoms with Crippen LogP contribution < -0.4 is 19.7 Å². The predicted molar refractivity (Wildman–Crippen MR) is 121 cm³/mol. The second-order valence-corrected chi connectivity index (χ2v) is 7.30. The number of rotatable bonds is 6. The third kappa shape index (κ3) is 4.73. The molecular formula is C25H19FN2O6. The van der Waals surface area contributed by atoms with Crippen molar-refractivity contribution in [1.29, 1.82) is 0 Å². The molecule has 3 aromatic rings. The SMILES string of the molecule is COc1cc(C=C2C(=O)NC(=O)N(c3ccc(O)cc3)C2=O)ccc1OCc1cccc(F)c1. The van der Waals surface area contributed by atoms with Crippen LogP contribution in [-0.2, 0) is 16.2 Å². The number of carbonyl (C=O) groups excluding carboxylic acids is 3. The number of benzene rings is 3. The monoisotopic (exact) mass is 462 g/mol. The summed E-state index contributed by atoms with van der Waals surface area (Å²) in [6, 6.07) is 15.3. The number of hydrogen-bond acceptors (Lipinski definition) is 6. The van der Waals surface area contributed by atoms with Gasteiger partial charge in [-0.05, 0) is 65.7 Å². The van der Waals surface area contributed by atoms with Gasteiger partial charge in [-0.25, -0.2) is 14.1 Å². The van der Waals surface area contributed by atoms with E-state index in [1.807, 2.05) is 0 Å². The van der Waals surface area contributed by atoms with E-state index in [0.717, 1.165) is 4.90 Å². The van der Waals surface area contributed by atoms with Gasteiger partial charge in [-0.3, -0.25) is 14.9 Å². The Hall–Kier alpha value is -4.66. The zero-order valence-corrected chi connectivity index (χ0v) is 17.9. The van der Waals surface area contributed by atoms with Gasteiger partial charge in [-0.2, -0.15) is 0 Å². The van der Waals surface area contributed by atoms with E-state index in [1.54, 1.807) is 30.3 Å². The number of nitrogens with zero attached hydrogens (tertiary/aromatic N) is 1. The van der Waals surface area contributed by atoms with Crippen molar-refractivity contribution in [3.05, 3.63) is 89.2 Å². The Morgan fingerprint density at radius 1 is 1.00 bits per heavy atom. The Bertz CT molecular complexity index is 1300. The zero-order chi connectivity index (χ0) is 24.2. The van der Waals surface area contributed by atoms with Crippen LogP contribution in [0, 0.1) is 5.82 Å². The van der Waals surface area contributed by atoms with Crippen LogP contribution in [0.25, 0.3) is 6.08 Å². The van der Waals surface area contributed by atoms with Gasteiger partial charge in [0.1, 0.15) is 23.7 Å². The number of ether oxygens (including phenoxy) is 2. The first-order valence-electron chi connectivity index (χ1n) is 10.1. The molecule has 0 radical (unpaired) electrons. The lowest BCUT2D eigenvalue weighted by atomic mass is 10.1. The number of nitrogens with one attached hydrogen (secondary N) is 1. The lowest BCUT2D eigenvalue weighted by Gasteiger charge is -2.26. The number of methoxy groups -OCH3 is 1. The molecule has 1 fully saturated rings. The summed E-state index contributed by atoms with van der Waals surface area (Å²) in [5.41, 5.74) is 1.02. The average Bonchev–Trinajstić information content (AvgIpc) is 2.82. The number of urea groups is 1. The number of barbiturate groups is 1. The van der Waals surface area contributed by atoms with Crippen LogP contribution in [-0.4, -0.2) is 30.1 Å². The number of anilines is 1. The lowest BCUT2D eigenvalue weighted by molar-refractivity contribution is -0.122. The molecule has 1 aliphatic rings. The molecule has 0 saturated carbocycles. The van der Waals surface area contributed by atoms with Crippen molar-refractivity contribution in [1.82, 2.24) is 5.32 Å². The van der Waals surface area contributed by atoms with Gasteiger partial charge in [0.15, 0.2) is 11.5 Å². The number of amides is 4. The van der Waals surface area contributed by atoms with Crippen molar-refractivity contribution < 1.29 is 33.4 Å². The van der Waals surface area contributed by atoms with Crippen LogP contribution >= 0.6 is 0 Å². The molecule has 0 unspecified atom stereocenters. The van der Waals surface area contributed by atoms with Crippen LogP contribution in [0.15, 0.2) is 72.3 Å². The van der Waals surface area contributed by atoms with Gasteiger partial charge in [0.05, 0.1) is 12.8 Å². The van der Waals surface area contributed by atoms with Crippen LogP contribution in [0.2, 0.25) is 0 Å². The minimum atomic E-state index is -0.892. The largest absolute Gasteiger partial charge is 0.508 e. The summed E-state index contributed by atoms with van der Waals surface area (Å²) in [6.45, 7) is 0.110. The van der Waals surface area contributed by atoms with Gasteiger partial charge < -0.3 is 14.6 Å². The molecule has 34 heavy (non-hydrogen) atoms. The molecule has 0 aromatic heterocycles. The van der Waals surface area contributed by atoms with Gasteiger partial charge in [0.2, 0.25) is 0 Å². The third-order valence-electron chi connectivity index (χ3n) is 4.99. The smallest absolute Gasteiger partial charge is 0.335 e. The Morgan fingerprint density at radius 2 is 1.76 bits per heavy atom. The number of imide groups is 2. The quantitative estimate of drug-likeness (QED) is 0.427. The highest BCUT2D eigenvalue weighted by atomic mass is 19.1. The maximum absolute atomic E-state index is 13.4. The minimum absolute atomic E-state index is 0.0349. The molecule has 1 heterocycles. The Morgan fingerprint density at radius 3 is 2.47 bits per heavy atom. The second-order valence-electron chi connectivity index (χ2n) is 7.30. The molecule has 9 heteroatoms. The highest BCUT2D eigenvalue weighted by Gasteiger charge is 2.36. The van der Waals surface area contributed by atoms with E-state index in [4.69, 9.17) is 9.47 Å². The highest BCUT2D eigenvalue weighted by molar-refractivity contribution is 6.39. The summed E-state index contributed by atoms with van der Waals surface area (Å²) in [6.07, 6.45) is 1.33. The molecule has 0 atom stereocenters. The predicted octanol–water partition coefficient (Wildman–Crippen LogP) is 3.79. The fourth-order valence-corrected chi connectivity index (χ4v) is 3.34. The van der Waals surface area contributed by atoms with Gasteiger partial charge in [0.25, 0.3) is 11.8 Å². The molecule has 0 spiro atoms. The standard InChI is InChI=1S/C25H19FN2O6/c1-33-22-13-15(5-10-21(22)34-14-16-3-2-4-17(26)11-16)12-20-23(30)27-25(32)28(24(20)31)18-6-8-19(29)9-7-18/h2-13,29H,14H2,1H3,(H,27,30,32). The van der Waals surface area contributed by atoms with Crippen LogP contribution in [0.5, 0.6) is 17.2 Å². The van der Waals surface area contributed by atoms with Crippen LogP contribution in [0.1, 0.15) is 11.1 Å². The number of aromatic hydroxyl groups is 1. The zero-order valence-electron chi connectivity index (χ0n) is 17.9. The maximum atomic E-state index is 13.4. The van der Waals surface area contributed by atoms with E-state index in [1.165, 1.54) is 49.6 Å². The summed E-state index contributed by atoms with van der Waals surface area (Å²) < 4.78 is 24.5. The lowest BCUT2D eigenvalue weighted by Crippen LogP contribution is -2.54. The molecule has 2 N–H and O–H groups in total. The van der Waals surface area contributed by atoms with E-state index < -0.39 is 17.8 Å². The number of carbonyl (C=O) groups is 3. The third-order valence-corrected chi connectivity index (χ3v) is 4.99. The normalized spacial score (nSPS) is 14.8. The number of phenols is 1. The van der Waals surface area contributed by atoms with Crippen molar-refractivity contribution in [2.75, 3.05) is 12.0 Å². The van der Waals surface area contributed by atoms with E-state index in [0.29, 0.717) is 22.6 Å². The van der Waals surface area contributed by atoms with E-state index in [9.17, 15) is 23.9 Å². The first-order valence-corrected chi connectivity index (χ1v) is 10.1. The van der Waals surface area contributed by atoms with E-state index >= 15 is 0 Å². The molecule has 4 rings (SSSR count). The van der Waals surface area contributed by atoms with Crippen LogP contribution in [0.4, 0.5) is 14.9 Å². The fraction of sp³-hybridized carbons (Fsp3) is 0.0800. The number of phenolic OH excluding ortho intramolecular Hbond substituents is 1. The topological polar surface area (TPSA) is 105 Å². The van der Waals surface area contributed by atoms with E-state index in [2.05, 4.69) is 5.32 Å². The molecule has 0 bridgehead atoms. The summed E-state index contributed by atoms with van der Waals surface area (Å²) in [7, 11) is 1.44. The highest BCUT2D eigenvalue weighted by Crippen LogP contribution is 2.31. The molecule has 172 valence electrons. The maximum Gasteiger partial charge on any atom is 0.335 e. The molecule has 1 saturated heterocycles.